The van der Waals surface area contributed by atoms with Crippen LogP contribution in [0.5, 0.6) is 5.75 Å². The van der Waals surface area contributed by atoms with Gasteiger partial charge in [0.1, 0.15) is 5.75 Å². The van der Waals surface area contributed by atoms with E-state index in [4.69, 9.17) is 27.9 Å². The van der Waals surface area contributed by atoms with Crippen molar-refractivity contribution in [2.45, 2.75) is 5.75 Å². The monoisotopic (exact) mass is 369 g/mol. The van der Waals surface area contributed by atoms with E-state index in [1.807, 2.05) is 18.2 Å². The fraction of sp³-hybridized carbons (Fsp3) is 0.235. The van der Waals surface area contributed by atoms with Crippen molar-refractivity contribution in [3.63, 3.8) is 0 Å². The number of hydrogen-bond acceptors (Lipinski definition) is 3. The normalized spacial score (nSPS) is 10.3. The molecule has 3 nitrogen and oxygen atoms in total. The van der Waals surface area contributed by atoms with Crippen molar-refractivity contribution in [1.82, 2.24) is 5.32 Å². The highest BCUT2D eigenvalue weighted by atomic mass is 35.5. The van der Waals surface area contributed by atoms with Gasteiger partial charge < -0.3 is 10.1 Å². The molecule has 0 heterocycles. The quantitative estimate of drug-likeness (QED) is 0.699. The first-order chi connectivity index (χ1) is 11.1. The highest BCUT2D eigenvalue weighted by Gasteiger charge is 2.06. The third-order valence-electron chi connectivity index (χ3n) is 2.93. The molecule has 2 rings (SSSR count). The van der Waals surface area contributed by atoms with Gasteiger partial charge in [0.25, 0.3) is 5.91 Å². The van der Waals surface area contributed by atoms with E-state index in [9.17, 15) is 4.79 Å². The van der Waals surface area contributed by atoms with Crippen molar-refractivity contribution in [3.8, 4) is 5.75 Å². The number of halogens is 2. The highest BCUT2D eigenvalue weighted by Crippen LogP contribution is 2.27. The van der Waals surface area contributed by atoms with Crippen LogP contribution >= 0.6 is 35.0 Å². The Morgan fingerprint density at radius 1 is 1.13 bits per heavy atom. The Balaban J connectivity index is 1.61. The standard InChI is InChI=1S/C17H17Cl2NO2S/c18-14-6-7-15(19)16(10-14)22-11-17(21)20-8-9-23-12-13-4-2-1-3-5-13/h1-7,10H,8-9,11-12H2,(H,20,21). The maximum absolute atomic E-state index is 11.7. The third-order valence-corrected chi connectivity index (χ3v) is 4.51. The largest absolute Gasteiger partial charge is 0.482 e. The summed E-state index contributed by atoms with van der Waals surface area (Å²) in [4.78, 5) is 11.7. The summed E-state index contributed by atoms with van der Waals surface area (Å²) in [5.74, 6) is 2.01. The lowest BCUT2D eigenvalue weighted by atomic mass is 10.2. The van der Waals surface area contributed by atoms with Gasteiger partial charge >= 0.3 is 0 Å². The first-order valence-electron chi connectivity index (χ1n) is 7.11. The molecule has 0 saturated heterocycles. The molecule has 0 aliphatic heterocycles. The van der Waals surface area contributed by atoms with Gasteiger partial charge in [-0.3, -0.25) is 4.79 Å². The van der Waals surface area contributed by atoms with Gasteiger partial charge in [-0.15, -0.1) is 0 Å². The van der Waals surface area contributed by atoms with Gasteiger partial charge in [0.2, 0.25) is 0 Å². The molecule has 23 heavy (non-hydrogen) atoms. The molecule has 0 aromatic heterocycles. The molecule has 2 aromatic rings. The van der Waals surface area contributed by atoms with E-state index in [0.717, 1.165) is 11.5 Å². The highest BCUT2D eigenvalue weighted by molar-refractivity contribution is 7.98. The van der Waals surface area contributed by atoms with Crippen molar-refractivity contribution in [2.24, 2.45) is 0 Å². The molecule has 0 spiro atoms. The van der Waals surface area contributed by atoms with E-state index < -0.39 is 0 Å². The van der Waals surface area contributed by atoms with Crippen LogP contribution in [0.25, 0.3) is 0 Å². The summed E-state index contributed by atoms with van der Waals surface area (Å²) < 4.78 is 5.37. The fourth-order valence-corrected chi connectivity index (χ4v) is 2.96. The molecule has 0 radical (unpaired) electrons. The SMILES string of the molecule is O=C(COc1cc(Cl)ccc1Cl)NCCSCc1ccccc1. The van der Waals surface area contributed by atoms with Crippen molar-refractivity contribution in [3.05, 3.63) is 64.1 Å². The molecule has 122 valence electrons. The van der Waals surface area contributed by atoms with Gasteiger partial charge in [-0.25, -0.2) is 0 Å². The number of carbonyl (C=O) groups is 1. The van der Waals surface area contributed by atoms with Gasteiger partial charge in [0.15, 0.2) is 6.61 Å². The summed E-state index contributed by atoms with van der Waals surface area (Å²) in [5, 5.41) is 3.76. The second-order valence-corrected chi connectivity index (χ2v) is 6.70. The Labute approximate surface area is 150 Å². The Kier molecular flexibility index (Phi) is 7.59. The lowest BCUT2D eigenvalue weighted by Gasteiger charge is -2.09. The average molecular weight is 370 g/mol. The lowest BCUT2D eigenvalue weighted by Crippen LogP contribution is -2.30. The predicted octanol–water partition coefficient (Wildman–Crippen LogP) is 4.42. The Bertz CT molecular complexity index is 638. The predicted molar refractivity (Wildman–Crippen MR) is 97.6 cm³/mol. The summed E-state index contributed by atoms with van der Waals surface area (Å²) >= 11 is 13.6. The van der Waals surface area contributed by atoms with Gasteiger partial charge in [-0.05, 0) is 17.7 Å². The maximum Gasteiger partial charge on any atom is 0.257 e. The van der Waals surface area contributed by atoms with E-state index in [1.165, 1.54) is 5.56 Å². The van der Waals surface area contributed by atoms with Crippen LogP contribution < -0.4 is 10.1 Å². The van der Waals surface area contributed by atoms with Crippen LogP contribution in [0.4, 0.5) is 0 Å². The van der Waals surface area contributed by atoms with Crippen LogP contribution in [0.15, 0.2) is 48.5 Å². The zero-order valence-electron chi connectivity index (χ0n) is 12.4. The third kappa shape index (κ3) is 6.73. The molecule has 0 aliphatic rings. The number of nitrogens with one attached hydrogen (secondary N) is 1. The van der Waals surface area contributed by atoms with Crippen LogP contribution in [0.2, 0.25) is 10.0 Å². The van der Waals surface area contributed by atoms with Gasteiger partial charge in [-0.1, -0.05) is 53.5 Å². The summed E-state index contributed by atoms with van der Waals surface area (Å²) in [5.41, 5.74) is 1.28. The molecule has 2 aromatic carbocycles. The van der Waals surface area contributed by atoms with Crippen LogP contribution in [0, 0.1) is 0 Å². The van der Waals surface area contributed by atoms with E-state index in [1.54, 1.807) is 30.0 Å². The van der Waals surface area contributed by atoms with Crippen molar-refractivity contribution in [1.29, 1.82) is 0 Å². The van der Waals surface area contributed by atoms with Crippen molar-refractivity contribution < 1.29 is 9.53 Å². The molecular weight excluding hydrogens is 353 g/mol. The second kappa shape index (κ2) is 9.71. The molecule has 0 atom stereocenters. The Morgan fingerprint density at radius 3 is 2.70 bits per heavy atom. The van der Waals surface area contributed by atoms with E-state index >= 15 is 0 Å². The van der Waals surface area contributed by atoms with E-state index in [0.29, 0.717) is 22.3 Å². The smallest absolute Gasteiger partial charge is 0.257 e. The summed E-state index contributed by atoms with van der Waals surface area (Å²) in [6, 6.07) is 15.1. The molecule has 0 saturated carbocycles. The molecule has 1 amide bonds. The fourth-order valence-electron chi connectivity index (χ4n) is 1.81. The number of benzene rings is 2. The molecule has 0 unspecified atom stereocenters. The maximum atomic E-state index is 11.7. The topological polar surface area (TPSA) is 38.3 Å². The number of carbonyl (C=O) groups excluding carboxylic acids is 1. The van der Waals surface area contributed by atoms with Crippen molar-refractivity contribution >= 4 is 40.9 Å². The second-order valence-electron chi connectivity index (χ2n) is 4.75. The number of thioether (sulfide) groups is 1. The van der Waals surface area contributed by atoms with Gasteiger partial charge in [0, 0.05) is 29.1 Å². The molecule has 0 fully saturated rings. The van der Waals surface area contributed by atoms with Crippen LogP contribution in [-0.4, -0.2) is 24.8 Å². The Morgan fingerprint density at radius 2 is 1.91 bits per heavy atom. The summed E-state index contributed by atoms with van der Waals surface area (Å²) in [7, 11) is 0. The zero-order valence-corrected chi connectivity index (χ0v) is 14.8. The molecule has 0 aliphatic carbocycles. The van der Waals surface area contributed by atoms with Crippen LogP contribution in [-0.2, 0) is 10.5 Å². The molecule has 0 bridgehead atoms. The Hall–Kier alpha value is -1.36. The molecule has 1 N–H and O–H groups in total. The van der Waals surface area contributed by atoms with Gasteiger partial charge in [0.05, 0.1) is 5.02 Å². The summed E-state index contributed by atoms with van der Waals surface area (Å²) in [6.07, 6.45) is 0. The van der Waals surface area contributed by atoms with Crippen molar-refractivity contribution in [2.75, 3.05) is 18.9 Å². The minimum absolute atomic E-state index is 0.0799. The molecular formula is C17H17Cl2NO2S. The minimum Gasteiger partial charge on any atom is -0.482 e. The first-order valence-corrected chi connectivity index (χ1v) is 9.02. The van der Waals surface area contributed by atoms with Crippen LogP contribution in [0.1, 0.15) is 5.56 Å². The van der Waals surface area contributed by atoms with Gasteiger partial charge in [-0.2, -0.15) is 11.8 Å². The van der Waals surface area contributed by atoms with E-state index in [2.05, 4.69) is 17.4 Å². The number of rotatable bonds is 8. The number of ether oxygens (including phenoxy) is 1. The first kappa shape index (κ1) is 18.0. The number of amides is 1. The lowest BCUT2D eigenvalue weighted by molar-refractivity contribution is -0.122. The van der Waals surface area contributed by atoms with Crippen LogP contribution in [0.3, 0.4) is 0 Å². The number of hydrogen-bond donors (Lipinski definition) is 1. The minimum atomic E-state index is -0.179. The van der Waals surface area contributed by atoms with E-state index in [-0.39, 0.29) is 12.5 Å². The summed E-state index contributed by atoms with van der Waals surface area (Å²) in [6.45, 7) is 0.520. The molecule has 6 heteroatoms. The zero-order chi connectivity index (χ0) is 16.5. The average Bonchev–Trinajstić information content (AvgIpc) is 2.56.